The summed E-state index contributed by atoms with van der Waals surface area (Å²) in [5.41, 5.74) is 1.11. The first-order chi connectivity index (χ1) is 7.74. The van der Waals surface area contributed by atoms with Crippen molar-refractivity contribution in [2.45, 2.75) is 24.8 Å². The number of halogens is 1. The third-order valence-electron chi connectivity index (χ3n) is 2.17. The lowest BCUT2D eigenvalue weighted by Crippen LogP contribution is -2.12. The zero-order chi connectivity index (χ0) is 12.0. The van der Waals surface area contributed by atoms with Crippen LogP contribution < -0.4 is 9.47 Å². The zero-order valence-corrected chi connectivity index (χ0v) is 11.0. The van der Waals surface area contributed by atoms with Gasteiger partial charge in [-0.1, -0.05) is 28.9 Å². The van der Waals surface area contributed by atoms with Gasteiger partial charge in [-0.15, -0.1) is 0 Å². The van der Waals surface area contributed by atoms with Gasteiger partial charge in [0.2, 0.25) is 0 Å². The predicted molar refractivity (Wildman–Crippen MR) is 65.9 cm³/mol. The van der Waals surface area contributed by atoms with Crippen molar-refractivity contribution in [3.63, 3.8) is 0 Å². The van der Waals surface area contributed by atoms with Crippen molar-refractivity contribution in [1.29, 1.82) is 5.26 Å². The highest BCUT2D eigenvalue weighted by atomic mass is 79.9. The minimum absolute atomic E-state index is 0.427. The second kappa shape index (κ2) is 6.39. The molecule has 0 aliphatic rings. The van der Waals surface area contributed by atoms with Crippen molar-refractivity contribution in [2.24, 2.45) is 0 Å². The van der Waals surface area contributed by atoms with Gasteiger partial charge in [0.15, 0.2) is 17.6 Å². The predicted octanol–water partition coefficient (Wildman–Crippen LogP) is 3.27. The molecule has 4 heteroatoms. The van der Waals surface area contributed by atoms with Crippen LogP contribution in [0.1, 0.15) is 18.9 Å². The first-order valence-electron chi connectivity index (χ1n) is 5.04. The highest BCUT2D eigenvalue weighted by molar-refractivity contribution is 9.08. The smallest absolute Gasteiger partial charge is 0.184 e. The molecule has 0 amide bonds. The van der Waals surface area contributed by atoms with Crippen LogP contribution in [0.5, 0.6) is 11.5 Å². The average Bonchev–Trinajstić information content (AvgIpc) is 2.35. The second-order valence-electron chi connectivity index (χ2n) is 3.26. The summed E-state index contributed by atoms with van der Waals surface area (Å²) < 4.78 is 10.8. The van der Waals surface area contributed by atoms with Gasteiger partial charge in [-0.05, 0) is 24.1 Å². The quantitative estimate of drug-likeness (QED) is 0.779. The molecule has 0 saturated heterocycles. The summed E-state index contributed by atoms with van der Waals surface area (Å²) in [5.74, 6) is 1.27. The Morgan fingerprint density at radius 3 is 2.69 bits per heavy atom. The lowest BCUT2D eigenvalue weighted by Gasteiger charge is -2.14. The monoisotopic (exact) mass is 283 g/mol. The van der Waals surface area contributed by atoms with Crippen LogP contribution in [-0.4, -0.2) is 13.2 Å². The SMILES string of the molecule is CCC(C#N)Oc1ccc(CBr)cc1OC. The molecule has 0 aromatic heterocycles. The van der Waals surface area contributed by atoms with E-state index in [1.165, 1.54) is 0 Å². The summed E-state index contributed by atoms with van der Waals surface area (Å²) in [6, 6.07) is 7.76. The molecular weight excluding hydrogens is 270 g/mol. The van der Waals surface area contributed by atoms with E-state index in [1.807, 2.05) is 25.1 Å². The van der Waals surface area contributed by atoms with Crippen LogP contribution in [0.3, 0.4) is 0 Å². The molecule has 1 aromatic rings. The first-order valence-corrected chi connectivity index (χ1v) is 6.16. The summed E-state index contributed by atoms with van der Waals surface area (Å²) in [4.78, 5) is 0. The number of benzene rings is 1. The molecular formula is C12H14BrNO2. The Morgan fingerprint density at radius 2 is 2.19 bits per heavy atom. The maximum absolute atomic E-state index is 8.83. The third-order valence-corrected chi connectivity index (χ3v) is 2.81. The zero-order valence-electron chi connectivity index (χ0n) is 9.37. The summed E-state index contributed by atoms with van der Waals surface area (Å²) in [6.07, 6.45) is 0.226. The molecule has 0 spiro atoms. The highest BCUT2D eigenvalue weighted by Gasteiger charge is 2.11. The van der Waals surface area contributed by atoms with Crippen LogP contribution in [0.25, 0.3) is 0 Å². The van der Waals surface area contributed by atoms with Crippen molar-refractivity contribution in [3.05, 3.63) is 23.8 Å². The molecule has 86 valence electrons. The third kappa shape index (κ3) is 3.14. The van der Waals surface area contributed by atoms with Gasteiger partial charge >= 0.3 is 0 Å². The molecule has 0 saturated carbocycles. The Bertz CT molecular complexity index is 387. The summed E-state index contributed by atoms with van der Waals surface area (Å²) in [5, 5.41) is 9.59. The standard InChI is InChI=1S/C12H14BrNO2/c1-3-10(8-14)16-11-5-4-9(7-13)6-12(11)15-2/h4-6,10H,3,7H2,1-2H3. The molecule has 0 heterocycles. The fraction of sp³-hybridized carbons (Fsp3) is 0.417. The number of hydrogen-bond acceptors (Lipinski definition) is 3. The van der Waals surface area contributed by atoms with E-state index in [0.717, 1.165) is 10.9 Å². The van der Waals surface area contributed by atoms with Crippen LogP contribution in [-0.2, 0) is 5.33 Å². The molecule has 0 bridgehead atoms. The number of alkyl halides is 1. The van der Waals surface area contributed by atoms with Gasteiger partial charge in [-0.3, -0.25) is 0 Å². The average molecular weight is 284 g/mol. The number of methoxy groups -OCH3 is 1. The van der Waals surface area contributed by atoms with Gasteiger partial charge in [0.1, 0.15) is 6.07 Å². The Labute approximate surface area is 104 Å². The number of nitriles is 1. The van der Waals surface area contributed by atoms with E-state index in [2.05, 4.69) is 22.0 Å². The van der Waals surface area contributed by atoms with Gasteiger partial charge in [0.05, 0.1) is 7.11 Å². The van der Waals surface area contributed by atoms with Crippen molar-refractivity contribution in [3.8, 4) is 17.6 Å². The Morgan fingerprint density at radius 1 is 1.44 bits per heavy atom. The van der Waals surface area contributed by atoms with E-state index in [1.54, 1.807) is 7.11 Å². The van der Waals surface area contributed by atoms with Crippen molar-refractivity contribution in [2.75, 3.05) is 7.11 Å². The molecule has 3 nitrogen and oxygen atoms in total. The molecule has 0 aliphatic carbocycles. The van der Waals surface area contributed by atoms with Crippen LogP contribution in [0.2, 0.25) is 0 Å². The Balaban J connectivity index is 2.91. The lowest BCUT2D eigenvalue weighted by molar-refractivity contribution is 0.239. The van der Waals surface area contributed by atoms with Gasteiger partial charge in [-0.2, -0.15) is 5.26 Å². The van der Waals surface area contributed by atoms with E-state index in [9.17, 15) is 0 Å². The molecule has 0 aliphatic heterocycles. The fourth-order valence-electron chi connectivity index (χ4n) is 1.25. The van der Waals surface area contributed by atoms with Crippen molar-refractivity contribution < 1.29 is 9.47 Å². The van der Waals surface area contributed by atoms with Crippen LogP contribution in [0.4, 0.5) is 0 Å². The van der Waals surface area contributed by atoms with Crippen molar-refractivity contribution in [1.82, 2.24) is 0 Å². The topological polar surface area (TPSA) is 42.2 Å². The number of hydrogen-bond donors (Lipinski definition) is 0. The van der Waals surface area contributed by atoms with Gasteiger partial charge in [0.25, 0.3) is 0 Å². The maximum Gasteiger partial charge on any atom is 0.184 e. The molecule has 1 rings (SSSR count). The normalized spacial score (nSPS) is 11.6. The fourth-order valence-corrected chi connectivity index (χ4v) is 1.60. The Kier molecular flexibility index (Phi) is 5.13. The summed E-state index contributed by atoms with van der Waals surface area (Å²) >= 11 is 3.37. The van der Waals surface area contributed by atoms with E-state index in [-0.39, 0.29) is 0 Å². The van der Waals surface area contributed by atoms with Crippen LogP contribution in [0, 0.1) is 11.3 Å². The van der Waals surface area contributed by atoms with E-state index in [0.29, 0.717) is 17.9 Å². The van der Waals surface area contributed by atoms with Gasteiger partial charge in [0, 0.05) is 5.33 Å². The second-order valence-corrected chi connectivity index (χ2v) is 3.82. The Hall–Kier alpha value is -1.21. The van der Waals surface area contributed by atoms with E-state index >= 15 is 0 Å². The first kappa shape index (κ1) is 12.9. The summed E-state index contributed by atoms with van der Waals surface area (Å²) in [7, 11) is 1.59. The van der Waals surface area contributed by atoms with Crippen LogP contribution >= 0.6 is 15.9 Å². The molecule has 0 fully saturated rings. The molecule has 1 atom stereocenters. The van der Waals surface area contributed by atoms with Crippen molar-refractivity contribution >= 4 is 15.9 Å². The lowest BCUT2D eigenvalue weighted by atomic mass is 10.2. The molecule has 1 aromatic carbocycles. The molecule has 1 unspecified atom stereocenters. The van der Waals surface area contributed by atoms with Gasteiger partial charge < -0.3 is 9.47 Å². The van der Waals surface area contributed by atoms with E-state index in [4.69, 9.17) is 14.7 Å². The molecule has 16 heavy (non-hydrogen) atoms. The van der Waals surface area contributed by atoms with Gasteiger partial charge in [-0.25, -0.2) is 0 Å². The highest BCUT2D eigenvalue weighted by Crippen LogP contribution is 2.29. The number of rotatable bonds is 5. The minimum atomic E-state index is -0.427. The molecule has 0 radical (unpaired) electrons. The van der Waals surface area contributed by atoms with E-state index < -0.39 is 6.10 Å². The minimum Gasteiger partial charge on any atom is -0.493 e. The van der Waals surface area contributed by atoms with Crippen LogP contribution in [0.15, 0.2) is 18.2 Å². The number of ether oxygens (including phenoxy) is 2. The number of nitrogens with zero attached hydrogens (tertiary/aromatic N) is 1. The maximum atomic E-state index is 8.83. The largest absolute Gasteiger partial charge is 0.493 e. The molecule has 0 N–H and O–H groups in total. The summed E-state index contributed by atoms with van der Waals surface area (Å²) in [6.45, 7) is 1.91.